The highest BCUT2D eigenvalue weighted by atomic mass is 16.6. The zero-order chi connectivity index (χ0) is 21.0. The summed E-state index contributed by atoms with van der Waals surface area (Å²) in [7, 11) is 1.64. The van der Waals surface area contributed by atoms with Gasteiger partial charge in [0, 0.05) is 31.9 Å². The van der Waals surface area contributed by atoms with E-state index in [2.05, 4.69) is 5.32 Å². The Morgan fingerprint density at radius 1 is 1.28 bits per heavy atom. The smallest absolute Gasteiger partial charge is 0.408 e. The first-order valence-corrected chi connectivity index (χ1v) is 9.97. The van der Waals surface area contributed by atoms with Gasteiger partial charge in [0.15, 0.2) is 0 Å². The molecule has 1 aromatic rings. The van der Waals surface area contributed by atoms with Crippen LogP contribution in [0.2, 0.25) is 0 Å². The predicted octanol–water partition coefficient (Wildman–Crippen LogP) is 2.74. The lowest BCUT2D eigenvalue weighted by Crippen LogP contribution is -2.46. The first-order valence-electron chi connectivity index (χ1n) is 9.97. The van der Waals surface area contributed by atoms with Gasteiger partial charge in [-0.05, 0) is 51.7 Å². The number of hydrogen-bond donors (Lipinski definition) is 1. The first-order chi connectivity index (χ1) is 13.7. The van der Waals surface area contributed by atoms with Gasteiger partial charge in [0.25, 0.3) is 5.91 Å². The number of nitrogens with one attached hydrogen (secondary N) is 1. The maximum atomic E-state index is 12.8. The molecule has 1 saturated heterocycles. The summed E-state index contributed by atoms with van der Waals surface area (Å²) in [6.45, 7) is 7.62. The van der Waals surface area contributed by atoms with Gasteiger partial charge in [-0.3, -0.25) is 4.79 Å². The maximum absolute atomic E-state index is 12.8. The summed E-state index contributed by atoms with van der Waals surface area (Å²) in [5.74, 6) is 1.33. The number of amides is 2. The predicted molar refractivity (Wildman–Crippen MR) is 108 cm³/mol. The van der Waals surface area contributed by atoms with Crippen molar-refractivity contribution in [2.75, 3.05) is 38.4 Å². The molecule has 3 rings (SSSR count). The Labute approximate surface area is 171 Å². The number of carbonyl (C=O) groups is 2. The van der Waals surface area contributed by atoms with E-state index in [1.165, 1.54) is 4.90 Å². The molecule has 0 unspecified atom stereocenters. The molecule has 8 nitrogen and oxygen atoms in total. The van der Waals surface area contributed by atoms with Gasteiger partial charge in [0.05, 0.1) is 12.3 Å². The van der Waals surface area contributed by atoms with Crippen LogP contribution in [-0.2, 0) is 14.3 Å². The molecule has 2 aliphatic rings. The zero-order valence-corrected chi connectivity index (χ0v) is 17.5. The Hall–Kier alpha value is -2.48. The molecule has 0 bridgehead atoms. The van der Waals surface area contributed by atoms with Crippen LogP contribution in [0, 0.1) is 5.92 Å². The minimum Gasteiger partial charge on any atom is -0.493 e. The van der Waals surface area contributed by atoms with E-state index in [9.17, 15) is 9.59 Å². The highest BCUT2D eigenvalue weighted by Crippen LogP contribution is 2.35. The molecule has 0 spiro atoms. The standard InChI is InChI=1S/C21H30N2O6/c1-21(2,3)22-20(25)29-18-13-28-17-6-5-15(11-16(17)23(4)19(18)24)27-12-14-7-9-26-10-8-14/h5-6,11,14,18H,7-10,12-13H2,1-4H3,(H,22,25)/t18-/m0/s1. The van der Waals surface area contributed by atoms with Crippen LogP contribution in [0.15, 0.2) is 18.2 Å². The van der Waals surface area contributed by atoms with Gasteiger partial charge in [0.2, 0.25) is 6.10 Å². The Morgan fingerprint density at radius 2 is 2.00 bits per heavy atom. The van der Waals surface area contributed by atoms with Crippen molar-refractivity contribution in [1.29, 1.82) is 0 Å². The van der Waals surface area contributed by atoms with Crippen molar-refractivity contribution in [2.45, 2.75) is 45.3 Å². The number of alkyl carbamates (subject to hydrolysis) is 1. The molecule has 0 aromatic heterocycles. The van der Waals surface area contributed by atoms with E-state index >= 15 is 0 Å². The molecule has 8 heteroatoms. The third kappa shape index (κ3) is 5.76. The molecule has 1 fully saturated rings. The number of rotatable bonds is 4. The van der Waals surface area contributed by atoms with Crippen molar-refractivity contribution >= 4 is 17.7 Å². The topological polar surface area (TPSA) is 86.3 Å². The van der Waals surface area contributed by atoms with Crippen LogP contribution in [0.5, 0.6) is 11.5 Å². The zero-order valence-electron chi connectivity index (χ0n) is 17.5. The average molecular weight is 406 g/mol. The second-order valence-corrected chi connectivity index (χ2v) is 8.47. The normalized spacial score (nSPS) is 20.3. The highest BCUT2D eigenvalue weighted by Gasteiger charge is 2.33. The van der Waals surface area contributed by atoms with E-state index in [1.807, 2.05) is 26.8 Å². The van der Waals surface area contributed by atoms with Crippen molar-refractivity contribution in [1.82, 2.24) is 5.32 Å². The SMILES string of the molecule is CN1C(=O)[C@@H](OC(=O)NC(C)(C)C)COc2ccc(OCC3CCOCC3)cc21. The largest absolute Gasteiger partial charge is 0.493 e. The Bertz CT molecular complexity index is 739. The van der Waals surface area contributed by atoms with Crippen LogP contribution in [-0.4, -0.2) is 57.1 Å². The molecule has 1 N–H and O–H groups in total. The minimum absolute atomic E-state index is 0.0456. The number of benzene rings is 1. The van der Waals surface area contributed by atoms with Crippen molar-refractivity contribution < 1.29 is 28.5 Å². The van der Waals surface area contributed by atoms with Crippen LogP contribution in [0.1, 0.15) is 33.6 Å². The number of ether oxygens (including phenoxy) is 4. The summed E-state index contributed by atoms with van der Waals surface area (Å²) >= 11 is 0. The number of carbonyl (C=O) groups excluding carboxylic acids is 2. The summed E-state index contributed by atoms with van der Waals surface area (Å²) in [5, 5.41) is 2.68. The maximum Gasteiger partial charge on any atom is 0.408 e. The van der Waals surface area contributed by atoms with Gasteiger partial charge in [-0.25, -0.2) is 4.79 Å². The number of hydrogen-bond acceptors (Lipinski definition) is 6. The summed E-state index contributed by atoms with van der Waals surface area (Å²) in [5.41, 5.74) is 0.124. The molecule has 160 valence electrons. The number of likely N-dealkylation sites (N-methyl/N-ethyl adjacent to an activating group) is 1. The second-order valence-electron chi connectivity index (χ2n) is 8.47. The molecular weight excluding hydrogens is 376 g/mol. The van der Waals surface area contributed by atoms with Crippen LogP contribution >= 0.6 is 0 Å². The van der Waals surface area contributed by atoms with Crippen LogP contribution in [0.4, 0.5) is 10.5 Å². The number of anilines is 1. The summed E-state index contributed by atoms with van der Waals surface area (Å²) in [6, 6.07) is 5.38. The molecule has 2 aliphatic heterocycles. The Kier molecular flexibility index (Phi) is 6.52. The van der Waals surface area contributed by atoms with Crippen molar-refractivity contribution in [3.8, 4) is 11.5 Å². The molecule has 0 radical (unpaired) electrons. The Morgan fingerprint density at radius 3 is 2.69 bits per heavy atom. The van der Waals surface area contributed by atoms with E-state index in [0.29, 0.717) is 29.7 Å². The summed E-state index contributed by atoms with van der Waals surface area (Å²) < 4.78 is 22.4. The van der Waals surface area contributed by atoms with Gasteiger partial charge >= 0.3 is 6.09 Å². The molecule has 2 amide bonds. The molecule has 1 aromatic carbocycles. The average Bonchev–Trinajstić information content (AvgIpc) is 2.78. The fourth-order valence-corrected chi connectivity index (χ4v) is 3.22. The molecule has 0 aliphatic carbocycles. The summed E-state index contributed by atoms with van der Waals surface area (Å²) in [4.78, 5) is 26.3. The van der Waals surface area contributed by atoms with Gasteiger partial charge in [-0.15, -0.1) is 0 Å². The van der Waals surface area contributed by atoms with Crippen LogP contribution < -0.4 is 19.7 Å². The summed E-state index contributed by atoms with van der Waals surface area (Å²) in [6.07, 6.45) is 0.296. The molecular formula is C21H30N2O6. The van der Waals surface area contributed by atoms with E-state index in [1.54, 1.807) is 19.2 Å². The van der Waals surface area contributed by atoms with Crippen molar-refractivity contribution in [3.05, 3.63) is 18.2 Å². The fraction of sp³-hybridized carbons (Fsp3) is 0.619. The van der Waals surface area contributed by atoms with Crippen LogP contribution in [0.3, 0.4) is 0 Å². The van der Waals surface area contributed by atoms with Gasteiger partial charge in [-0.1, -0.05) is 0 Å². The lowest BCUT2D eigenvalue weighted by Gasteiger charge is -2.24. The van der Waals surface area contributed by atoms with Crippen molar-refractivity contribution in [3.63, 3.8) is 0 Å². The van der Waals surface area contributed by atoms with Gasteiger partial charge < -0.3 is 29.2 Å². The fourth-order valence-electron chi connectivity index (χ4n) is 3.22. The first kappa shape index (κ1) is 21.2. The quantitative estimate of drug-likeness (QED) is 0.828. The lowest BCUT2D eigenvalue weighted by atomic mass is 10.0. The molecule has 29 heavy (non-hydrogen) atoms. The van der Waals surface area contributed by atoms with E-state index < -0.39 is 17.7 Å². The highest BCUT2D eigenvalue weighted by molar-refractivity contribution is 5.99. The minimum atomic E-state index is -1.03. The van der Waals surface area contributed by atoms with E-state index in [4.69, 9.17) is 18.9 Å². The number of nitrogens with zero attached hydrogens (tertiary/aromatic N) is 1. The van der Waals surface area contributed by atoms with Gasteiger partial charge in [0.1, 0.15) is 18.1 Å². The third-order valence-electron chi connectivity index (χ3n) is 4.84. The van der Waals surface area contributed by atoms with E-state index in [0.717, 1.165) is 26.1 Å². The van der Waals surface area contributed by atoms with Crippen molar-refractivity contribution in [2.24, 2.45) is 5.92 Å². The van der Waals surface area contributed by atoms with Crippen LogP contribution in [0.25, 0.3) is 0 Å². The third-order valence-corrected chi connectivity index (χ3v) is 4.84. The lowest BCUT2D eigenvalue weighted by molar-refractivity contribution is -0.127. The molecule has 0 saturated carbocycles. The second kappa shape index (κ2) is 8.90. The van der Waals surface area contributed by atoms with E-state index in [-0.39, 0.29) is 12.5 Å². The monoisotopic (exact) mass is 406 g/mol. The molecule has 1 atom stereocenters. The number of fused-ring (bicyclic) bond motifs is 1. The van der Waals surface area contributed by atoms with Gasteiger partial charge in [-0.2, -0.15) is 0 Å². The Balaban J connectivity index is 1.65. The molecule has 2 heterocycles.